The quantitative estimate of drug-likeness (QED) is 0.452. The van der Waals surface area contributed by atoms with Gasteiger partial charge in [-0.05, 0) is 36.3 Å². The first-order chi connectivity index (χ1) is 14.7. The van der Waals surface area contributed by atoms with Crippen LogP contribution in [0, 0.1) is 5.92 Å². The van der Waals surface area contributed by atoms with E-state index in [-0.39, 0.29) is 5.91 Å². The Morgan fingerprint density at radius 1 is 1.23 bits per heavy atom. The molecule has 0 unspecified atom stereocenters. The second-order valence-corrected chi connectivity index (χ2v) is 10.1. The first-order valence-electron chi connectivity index (χ1n) is 10.5. The van der Waals surface area contributed by atoms with E-state index in [2.05, 4.69) is 40.0 Å². The van der Waals surface area contributed by atoms with Crippen LogP contribution in [0.4, 0.5) is 5.13 Å². The molecule has 30 heavy (non-hydrogen) atoms. The van der Waals surface area contributed by atoms with Crippen molar-refractivity contribution >= 4 is 44.5 Å². The number of fused-ring (bicyclic) bond motifs is 2. The van der Waals surface area contributed by atoms with Crippen molar-refractivity contribution < 1.29 is 4.79 Å². The third-order valence-electron chi connectivity index (χ3n) is 5.89. The number of nitrogens with zero attached hydrogens (tertiary/aromatic N) is 5. The van der Waals surface area contributed by atoms with Gasteiger partial charge in [0.05, 0.1) is 5.75 Å². The lowest BCUT2D eigenvalue weighted by molar-refractivity contribution is -0.129. The summed E-state index contributed by atoms with van der Waals surface area (Å²) in [6.45, 7) is 5.88. The molecule has 156 valence electrons. The molecule has 0 aliphatic carbocycles. The molecule has 5 rings (SSSR count). The second kappa shape index (κ2) is 8.51. The van der Waals surface area contributed by atoms with Crippen LogP contribution in [0.5, 0.6) is 0 Å². The minimum atomic E-state index is 0.163. The van der Waals surface area contributed by atoms with Crippen LogP contribution in [0.3, 0.4) is 0 Å². The second-order valence-electron chi connectivity index (χ2n) is 8.14. The standard InChI is InChI=1S/C22H25N5OS2/c1-15-5-4-9-27(11-15)22-25-20-19(30-22)21(24-14-23-20)29-13-18(28)26-10-8-16-6-2-3-7-17(16)12-26/h2-3,6-7,14-15H,4-5,8-13H2,1H3/t15-/m0/s1. The molecule has 8 heteroatoms. The zero-order valence-electron chi connectivity index (χ0n) is 17.1. The molecule has 3 aromatic rings. The summed E-state index contributed by atoms with van der Waals surface area (Å²) in [4.78, 5) is 30.8. The van der Waals surface area contributed by atoms with Crippen LogP contribution in [-0.2, 0) is 17.8 Å². The van der Waals surface area contributed by atoms with Crippen molar-refractivity contribution in [3.05, 3.63) is 41.7 Å². The number of thiazole rings is 1. The van der Waals surface area contributed by atoms with E-state index >= 15 is 0 Å². The van der Waals surface area contributed by atoms with Crippen LogP contribution in [-0.4, -0.2) is 51.1 Å². The number of carbonyl (C=O) groups excluding carboxylic acids is 1. The van der Waals surface area contributed by atoms with Gasteiger partial charge in [0.25, 0.3) is 0 Å². The van der Waals surface area contributed by atoms with Crippen LogP contribution in [0.25, 0.3) is 10.3 Å². The van der Waals surface area contributed by atoms with Gasteiger partial charge >= 0.3 is 0 Å². The third-order valence-corrected chi connectivity index (χ3v) is 8.11. The molecule has 6 nitrogen and oxygen atoms in total. The van der Waals surface area contributed by atoms with Crippen molar-refractivity contribution in [2.75, 3.05) is 30.3 Å². The number of anilines is 1. The normalized spacial score (nSPS) is 19.2. The van der Waals surface area contributed by atoms with Crippen LogP contribution < -0.4 is 4.90 Å². The fraction of sp³-hybridized carbons (Fsp3) is 0.455. The van der Waals surface area contributed by atoms with E-state index in [1.165, 1.54) is 35.7 Å². The molecule has 2 aromatic heterocycles. The number of hydrogen-bond acceptors (Lipinski definition) is 7. The minimum Gasteiger partial charge on any atom is -0.348 e. The number of aromatic nitrogens is 3. The highest BCUT2D eigenvalue weighted by Crippen LogP contribution is 2.35. The Labute approximate surface area is 184 Å². The molecule has 0 bridgehead atoms. The van der Waals surface area contributed by atoms with Gasteiger partial charge < -0.3 is 9.80 Å². The number of hydrogen-bond donors (Lipinski definition) is 0. The molecule has 2 aliphatic heterocycles. The molecule has 1 saturated heterocycles. The molecule has 1 aromatic carbocycles. The summed E-state index contributed by atoms with van der Waals surface area (Å²) in [6.07, 6.45) is 4.98. The number of piperidine rings is 1. The van der Waals surface area contributed by atoms with E-state index in [1.54, 1.807) is 17.7 Å². The van der Waals surface area contributed by atoms with E-state index in [0.717, 1.165) is 46.6 Å². The van der Waals surface area contributed by atoms with Gasteiger partial charge in [-0.2, -0.15) is 4.98 Å². The highest BCUT2D eigenvalue weighted by molar-refractivity contribution is 8.00. The number of amides is 1. The number of benzene rings is 1. The highest BCUT2D eigenvalue weighted by atomic mass is 32.2. The maximum atomic E-state index is 12.8. The molecule has 0 N–H and O–H groups in total. The summed E-state index contributed by atoms with van der Waals surface area (Å²) in [5.41, 5.74) is 3.36. The summed E-state index contributed by atoms with van der Waals surface area (Å²) >= 11 is 3.16. The van der Waals surface area contributed by atoms with Crippen LogP contribution >= 0.6 is 23.1 Å². The van der Waals surface area contributed by atoms with Gasteiger partial charge in [0.2, 0.25) is 5.91 Å². The van der Waals surface area contributed by atoms with Crippen molar-refractivity contribution in [2.24, 2.45) is 5.92 Å². The Morgan fingerprint density at radius 3 is 2.97 bits per heavy atom. The Bertz CT molecular complexity index is 1070. The first-order valence-corrected chi connectivity index (χ1v) is 12.3. The van der Waals surface area contributed by atoms with Crippen molar-refractivity contribution in [1.82, 2.24) is 19.9 Å². The zero-order chi connectivity index (χ0) is 20.5. The molecular formula is C22H25N5OS2. The Balaban J connectivity index is 1.28. The van der Waals surface area contributed by atoms with E-state index in [0.29, 0.717) is 18.2 Å². The number of thioether (sulfide) groups is 1. The Morgan fingerprint density at radius 2 is 2.10 bits per heavy atom. The largest absolute Gasteiger partial charge is 0.348 e. The molecule has 1 amide bonds. The van der Waals surface area contributed by atoms with Gasteiger partial charge in [-0.1, -0.05) is 54.3 Å². The summed E-state index contributed by atoms with van der Waals surface area (Å²) in [5.74, 6) is 1.25. The predicted molar refractivity (Wildman–Crippen MR) is 122 cm³/mol. The van der Waals surface area contributed by atoms with Crippen molar-refractivity contribution in [2.45, 2.75) is 37.8 Å². The smallest absolute Gasteiger partial charge is 0.233 e. The Kier molecular flexibility index (Phi) is 5.60. The molecule has 1 fully saturated rings. The average molecular weight is 440 g/mol. The average Bonchev–Trinajstić information content (AvgIpc) is 3.22. The summed E-state index contributed by atoms with van der Waals surface area (Å²) in [6, 6.07) is 8.40. The lowest BCUT2D eigenvalue weighted by Gasteiger charge is -2.30. The first kappa shape index (κ1) is 19.8. The van der Waals surface area contributed by atoms with Crippen LogP contribution in [0.2, 0.25) is 0 Å². The van der Waals surface area contributed by atoms with Gasteiger partial charge in [-0.25, -0.2) is 9.97 Å². The summed E-state index contributed by atoms with van der Waals surface area (Å²) in [5, 5.41) is 1.89. The maximum Gasteiger partial charge on any atom is 0.233 e. The fourth-order valence-corrected chi connectivity index (χ4v) is 6.28. The lowest BCUT2D eigenvalue weighted by atomic mass is 10.00. The number of rotatable bonds is 4. The third kappa shape index (κ3) is 4.03. The molecule has 4 heterocycles. The molecule has 2 aliphatic rings. The molecule has 0 radical (unpaired) electrons. The van der Waals surface area contributed by atoms with E-state index in [9.17, 15) is 4.79 Å². The van der Waals surface area contributed by atoms with Gasteiger partial charge in [0.15, 0.2) is 10.8 Å². The summed E-state index contributed by atoms with van der Waals surface area (Å²) in [7, 11) is 0. The Hall–Kier alpha value is -2.19. The topological polar surface area (TPSA) is 62.2 Å². The zero-order valence-corrected chi connectivity index (χ0v) is 18.7. The van der Waals surface area contributed by atoms with Crippen LogP contribution in [0.15, 0.2) is 35.6 Å². The SMILES string of the molecule is C[C@H]1CCCN(c2nc3ncnc(SCC(=O)N4CCc5ccccc5C4)c3s2)C1. The van der Waals surface area contributed by atoms with E-state index in [4.69, 9.17) is 4.98 Å². The van der Waals surface area contributed by atoms with Gasteiger partial charge in [0, 0.05) is 26.2 Å². The molecule has 0 saturated carbocycles. The molecular weight excluding hydrogens is 414 g/mol. The number of carbonyl (C=O) groups is 1. The highest BCUT2D eigenvalue weighted by Gasteiger charge is 2.23. The van der Waals surface area contributed by atoms with Crippen molar-refractivity contribution in [3.63, 3.8) is 0 Å². The van der Waals surface area contributed by atoms with Gasteiger partial charge in [0.1, 0.15) is 16.1 Å². The fourth-order valence-electron chi connectivity index (χ4n) is 4.25. The van der Waals surface area contributed by atoms with E-state index < -0.39 is 0 Å². The van der Waals surface area contributed by atoms with Crippen molar-refractivity contribution in [3.8, 4) is 0 Å². The molecule has 1 atom stereocenters. The van der Waals surface area contributed by atoms with E-state index in [1.807, 2.05) is 11.0 Å². The monoisotopic (exact) mass is 439 g/mol. The lowest BCUT2D eigenvalue weighted by Crippen LogP contribution is -2.37. The van der Waals surface area contributed by atoms with Crippen molar-refractivity contribution in [1.29, 1.82) is 0 Å². The maximum absolute atomic E-state index is 12.8. The summed E-state index contributed by atoms with van der Waals surface area (Å²) < 4.78 is 0.993. The molecule has 0 spiro atoms. The van der Waals surface area contributed by atoms with Gasteiger partial charge in [-0.15, -0.1) is 0 Å². The van der Waals surface area contributed by atoms with Gasteiger partial charge in [-0.3, -0.25) is 4.79 Å². The minimum absolute atomic E-state index is 0.163. The predicted octanol–water partition coefficient (Wildman–Crippen LogP) is 4.00. The van der Waals surface area contributed by atoms with Crippen LogP contribution in [0.1, 0.15) is 30.9 Å².